The maximum absolute atomic E-state index is 12.5. The minimum absolute atomic E-state index is 0.206. The van der Waals surface area contributed by atoms with Crippen molar-refractivity contribution in [1.29, 1.82) is 0 Å². The summed E-state index contributed by atoms with van der Waals surface area (Å²) in [5.74, 6) is -0.220. The summed E-state index contributed by atoms with van der Waals surface area (Å²) in [4.78, 5) is 15.1. The van der Waals surface area contributed by atoms with Gasteiger partial charge in [-0.05, 0) is 55.3 Å². The van der Waals surface area contributed by atoms with Gasteiger partial charge in [-0.3, -0.25) is 9.69 Å². The molecule has 0 radical (unpaired) electrons. The second kappa shape index (κ2) is 11.4. The highest BCUT2D eigenvalue weighted by atomic mass is 32.2. The average Bonchev–Trinajstić information content (AvgIpc) is 2.80. The first-order valence-electron chi connectivity index (χ1n) is 11.3. The lowest BCUT2D eigenvalue weighted by Crippen LogP contribution is -2.33. The quantitative estimate of drug-likeness (QED) is 0.549. The Morgan fingerprint density at radius 1 is 1.06 bits per heavy atom. The molecule has 2 N–H and O–H groups in total. The van der Waals surface area contributed by atoms with E-state index in [0.717, 1.165) is 23.4 Å². The molecule has 2 aromatic rings. The first-order chi connectivity index (χ1) is 15.4. The highest BCUT2D eigenvalue weighted by Gasteiger charge is 2.19. The Bertz CT molecular complexity index is 1030. The lowest BCUT2D eigenvalue weighted by atomic mass is 9.94. The maximum atomic E-state index is 12.5. The van der Waals surface area contributed by atoms with Gasteiger partial charge >= 0.3 is 0 Å². The minimum atomic E-state index is -3.48. The van der Waals surface area contributed by atoms with Crippen LogP contribution in [-0.2, 0) is 21.4 Å². The predicted molar refractivity (Wildman–Crippen MR) is 130 cm³/mol. The molecule has 0 unspecified atom stereocenters. The van der Waals surface area contributed by atoms with Crippen molar-refractivity contribution in [2.45, 2.75) is 56.5 Å². The first-order valence-corrected chi connectivity index (χ1v) is 12.7. The topological polar surface area (TPSA) is 78.5 Å². The van der Waals surface area contributed by atoms with E-state index in [4.69, 9.17) is 0 Å². The van der Waals surface area contributed by atoms with Crippen LogP contribution in [0.1, 0.15) is 50.2 Å². The fourth-order valence-electron chi connectivity index (χ4n) is 4.08. The van der Waals surface area contributed by atoms with E-state index in [-0.39, 0.29) is 10.8 Å². The van der Waals surface area contributed by atoms with Crippen molar-refractivity contribution in [3.05, 3.63) is 65.7 Å². The zero-order valence-electron chi connectivity index (χ0n) is 18.9. The van der Waals surface area contributed by atoms with Crippen LogP contribution in [0.4, 0.5) is 5.69 Å². The van der Waals surface area contributed by atoms with E-state index in [9.17, 15) is 13.2 Å². The van der Waals surface area contributed by atoms with Gasteiger partial charge in [0.15, 0.2) is 0 Å². The first kappa shape index (κ1) is 24.2. The second-order valence-electron chi connectivity index (χ2n) is 8.26. The molecule has 1 aliphatic carbocycles. The number of anilines is 1. The van der Waals surface area contributed by atoms with E-state index >= 15 is 0 Å². The Morgan fingerprint density at radius 3 is 2.44 bits per heavy atom. The van der Waals surface area contributed by atoms with Crippen LogP contribution in [0.5, 0.6) is 0 Å². The molecule has 7 heteroatoms. The Labute approximate surface area is 191 Å². The van der Waals surface area contributed by atoms with Gasteiger partial charge in [0.1, 0.15) is 0 Å². The van der Waals surface area contributed by atoms with Crippen molar-refractivity contribution in [2.24, 2.45) is 0 Å². The Kier molecular flexibility index (Phi) is 8.61. The second-order valence-corrected chi connectivity index (χ2v) is 10.0. The number of hydrogen-bond donors (Lipinski definition) is 2. The van der Waals surface area contributed by atoms with E-state index in [1.165, 1.54) is 50.3 Å². The normalized spacial score (nSPS) is 15.3. The number of nitrogens with one attached hydrogen (secondary N) is 2. The average molecular weight is 456 g/mol. The van der Waals surface area contributed by atoms with Crippen LogP contribution < -0.4 is 10.0 Å². The molecular formula is C25H33N3O3S. The molecule has 2 aromatic carbocycles. The van der Waals surface area contributed by atoms with Gasteiger partial charge in [-0.1, -0.05) is 56.5 Å². The molecule has 172 valence electrons. The number of amides is 1. The summed E-state index contributed by atoms with van der Waals surface area (Å²) in [5, 5.41) is 2.98. The van der Waals surface area contributed by atoms with Gasteiger partial charge in [0.05, 0.1) is 4.90 Å². The number of benzene rings is 2. The smallest absolute Gasteiger partial charge is 0.248 e. The number of rotatable bonds is 9. The molecule has 0 heterocycles. The Balaban J connectivity index is 1.62. The van der Waals surface area contributed by atoms with Gasteiger partial charge in [0.2, 0.25) is 15.9 Å². The van der Waals surface area contributed by atoms with E-state index in [1.807, 2.05) is 18.2 Å². The van der Waals surface area contributed by atoms with Crippen LogP contribution in [-0.4, -0.2) is 38.9 Å². The molecule has 0 atom stereocenters. The molecule has 32 heavy (non-hydrogen) atoms. The maximum Gasteiger partial charge on any atom is 0.248 e. The summed E-state index contributed by atoms with van der Waals surface area (Å²) in [6.07, 6.45) is 9.54. The van der Waals surface area contributed by atoms with Crippen molar-refractivity contribution < 1.29 is 13.2 Å². The van der Waals surface area contributed by atoms with Crippen LogP contribution in [0.15, 0.2) is 59.5 Å². The number of sulfonamides is 1. The van der Waals surface area contributed by atoms with Crippen molar-refractivity contribution in [3.8, 4) is 0 Å². The Hall–Kier alpha value is -2.48. The molecule has 1 saturated carbocycles. The van der Waals surface area contributed by atoms with Crippen LogP contribution >= 0.6 is 0 Å². The van der Waals surface area contributed by atoms with Crippen molar-refractivity contribution in [1.82, 2.24) is 9.62 Å². The number of hydrogen-bond acceptors (Lipinski definition) is 4. The highest BCUT2D eigenvalue weighted by Crippen LogP contribution is 2.25. The van der Waals surface area contributed by atoms with Crippen LogP contribution in [0.2, 0.25) is 0 Å². The number of carbonyl (C=O) groups excluding carboxylic acids is 1. The van der Waals surface area contributed by atoms with Gasteiger partial charge in [-0.15, -0.1) is 0 Å². The largest absolute Gasteiger partial charge is 0.322 e. The summed E-state index contributed by atoms with van der Waals surface area (Å²) in [6, 6.07) is 14.9. The van der Waals surface area contributed by atoms with E-state index in [1.54, 1.807) is 25.1 Å². The Morgan fingerprint density at radius 2 is 1.75 bits per heavy atom. The van der Waals surface area contributed by atoms with Gasteiger partial charge in [-0.2, -0.15) is 0 Å². The number of nitrogens with zero attached hydrogens (tertiary/aromatic N) is 1. The van der Waals surface area contributed by atoms with Gasteiger partial charge < -0.3 is 5.32 Å². The third-order valence-corrected chi connectivity index (χ3v) is 7.41. The number of para-hydroxylation sites is 1. The monoisotopic (exact) mass is 455 g/mol. The third-order valence-electron chi connectivity index (χ3n) is 5.84. The lowest BCUT2D eigenvalue weighted by Gasteiger charge is -2.31. The molecule has 0 spiro atoms. The van der Waals surface area contributed by atoms with Crippen LogP contribution in [0.3, 0.4) is 0 Å². The van der Waals surface area contributed by atoms with Gasteiger partial charge in [0, 0.05) is 30.9 Å². The van der Waals surface area contributed by atoms with E-state index in [2.05, 4.69) is 28.1 Å². The standard InChI is InChI=1S/C25H33N3O3S/c1-3-26-32(30,31)23-16-13-20(14-17-23)15-18-25(29)27-24-12-8-7-9-21(24)19-28(2)22-10-5-4-6-11-22/h7-9,12-18,22,26H,3-6,10-11,19H2,1-2H3,(H,27,29)/b18-15+. The molecule has 6 nitrogen and oxygen atoms in total. The van der Waals surface area contributed by atoms with E-state index in [0.29, 0.717) is 12.6 Å². The fourth-order valence-corrected chi connectivity index (χ4v) is 5.12. The van der Waals surface area contributed by atoms with Crippen molar-refractivity contribution >= 4 is 27.7 Å². The summed E-state index contributed by atoms with van der Waals surface area (Å²) in [6.45, 7) is 2.87. The molecule has 1 amide bonds. The van der Waals surface area contributed by atoms with Crippen LogP contribution in [0.25, 0.3) is 6.08 Å². The van der Waals surface area contributed by atoms with Crippen molar-refractivity contribution in [3.63, 3.8) is 0 Å². The zero-order valence-corrected chi connectivity index (χ0v) is 19.7. The highest BCUT2D eigenvalue weighted by molar-refractivity contribution is 7.89. The molecule has 1 aliphatic rings. The fraction of sp³-hybridized carbons (Fsp3) is 0.400. The molecule has 0 bridgehead atoms. The summed E-state index contributed by atoms with van der Waals surface area (Å²) in [7, 11) is -1.32. The third kappa shape index (κ3) is 6.76. The van der Waals surface area contributed by atoms with Gasteiger partial charge in [0.25, 0.3) is 0 Å². The molecule has 0 aromatic heterocycles. The minimum Gasteiger partial charge on any atom is -0.322 e. The molecular weight excluding hydrogens is 422 g/mol. The number of carbonyl (C=O) groups is 1. The predicted octanol–water partition coefficient (Wildman–Crippen LogP) is 4.40. The van der Waals surface area contributed by atoms with Crippen molar-refractivity contribution in [2.75, 3.05) is 18.9 Å². The zero-order chi connectivity index (χ0) is 23.0. The summed E-state index contributed by atoms with van der Waals surface area (Å²) < 4.78 is 26.5. The van der Waals surface area contributed by atoms with E-state index < -0.39 is 10.0 Å². The summed E-state index contributed by atoms with van der Waals surface area (Å²) in [5.41, 5.74) is 2.66. The van der Waals surface area contributed by atoms with Crippen LogP contribution in [0, 0.1) is 0 Å². The summed E-state index contributed by atoms with van der Waals surface area (Å²) >= 11 is 0. The molecule has 0 aliphatic heterocycles. The lowest BCUT2D eigenvalue weighted by molar-refractivity contribution is -0.111. The van der Waals surface area contributed by atoms with Gasteiger partial charge in [-0.25, -0.2) is 13.1 Å². The molecule has 3 rings (SSSR count). The SMILES string of the molecule is CCNS(=O)(=O)c1ccc(/C=C/C(=O)Nc2ccccc2CN(C)C2CCCCC2)cc1. The molecule has 0 saturated heterocycles. The molecule has 1 fully saturated rings.